The number of hydrogen-bond acceptors (Lipinski definition) is 3. The molecule has 1 unspecified atom stereocenters. The number of halogens is 1. The Labute approximate surface area is 149 Å². The highest BCUT2D eigenvalue weighted by Crippen LogP contribution is 2.28. The van der Waals surface area contributed by atoms with Gasteiger partial charge in [0.05, 0.1) is 10.0 Å². The Morgan fingerprint density at radius 2 is 2.04 bits per heavy atom. The van der Waals surface area contributed by atoms with E-state index in [0.29, 0.717) is 22.4 Å². The molecule has 1 heterocycles. The molecule has 6 nitrogen and oxygen atoms in total. The van der Waals surface area contributed by atoms with E-state index in [1.54, 1.807) is 0 Å². The molecule has 0 bridgehead atoms. The van der Waals surface area contributed by atoms with E-state index in [1.165, 1.54) is 31.5 Å². The number of pyridine rings is 1. The van der Waals surface area contributed by atoms with Crippen molar-refractivity contribution in [2.45, 2.75) is 57.4 Å². The van der Waals surface area contributed by atoms with Crippen molar-refractivity contribution in [1.82, 2.24) is 10.3 Å². The number of aliphatic carboxylic acids is 1. The van der Waals surface area contributed by atoms with Crippen LogP contribution < -0.4 is 10.9 Å². The van der Waals surface area contributed by atoms with Gasteiger partial charge in [0.2, 0.25) is 0 Å². The fourth-order valence-electron chi connectivity index (χ4n) is 3.23. The van der Waals surface area contributed by atoms with Crippen LogP contribution in [0, 0.1) is 5.92 Å². The summed E-state index contributed by atoms with van der Waals surface area (Å²) in [6.07, 6.45) is 8.59. The summed E-state index contributed by atoms with van der Waals surface area (Å²) in [7, 11) is 0. The molecule has 1 saturated carbocycles. The summed E-state index contributed by atoms with van der Waals surface area (Å²) in [6, 6.07) is 1.31. The summed E-state index contributed by atoms with van der Waals surface area (Å²) in [5.74, 6) is -0.608. The average Bonchev–Trinajstić information content (AvgIpc) is 2.56. The Morgan fingerprint density at radius 1 is 1.33 bits per heavy atom. The third kappa shape index (κ3) is 5.78. The summed E-state index contributed by atoms with van der Waals surface area (Å²) in [4.78, 5) is 37.1. The maximum atomic E-state index is 12.4. The molecule has 0 aromatic carbocycles. The molecule has 0 spiro atoms. The molecular formula is C17H23BrN2O4. The third-order valence-corrected chi connectivity index (χ3v) is 5.09. The topological polar surface area (TPSA) is 99.3 Å². The van der Waals surface area contributed by atoms with Crippen LogP contribution in [0.15, 0.2) is 21.5 Å². The van der Waals surface area contributed by atoms with Gasteiger partial charge in [-0.2, -0.15) is 0 Å². The molecule has 1 amide bonds. The van der Waals surface area contributed by atoms with Crippen molar-refractivity contribution < 1.29 is 14.7 Å². The van der Waals surface area contributed by atoms with Crippen molar-refractivity contribution >= 4 is 27.8 Å². The van der Waals surface area contributed by atoms with Gasteiger partial charge >= 0.3 is 5.97 Å². The number of nitrogens with one attached hydrogen (secondary N) is 2. The highest BCUT2D eigenvalue weighted by Gasteiger charge is 2.22. The molecular weight excluding hydrogens is 376 g/mol. The fourth-order valence-corrected chi connectivity index (χ4v) is 3.59. The molecule has 3 N–H and O–H groups in total. The Kier molecular flexibility index (Phi) is 7.02. The summed E-state index contributed by atoms with van der Waals surface area (Å²) in [5, 5.41) is 11.9. The van der Waals surface area contributed by atoms with E-state index in [9.17, 15) is 14.4 Å². The van der Waals surface area contributed by atoms with Crippen LogP contribution >= 0.6 is 15.9 Å². The zero-order valence-electron chi connectivity index (χ0n) is 13.5. The Morgan fingerprint density at radius 3 is 2.67 bits per heavy atom. The molecule has 1 aromatic rings. The highest BCUT2D eigenvalue weighted by atomic mass is 79.9. The van der Waals surface area contributed by atoms with Crippen molar-refractivity contribution in [3.8, 4) is 0 Å². The van der Waals surface area contributed by atoms with Gasteiger partial charge in [-0.05, 0) is 40.8 Å². The quantitative estimate of drug-likeness (QED) is 0.656. The van der Waals surface area contributed by atoms with E-state index >= 15 is 0 Å². The fraction of sp³-hybridized carbons (Fsp3) is 0.588. The first kappa shape index (κ1) is 18.7. The smallest absolute Gasteiger partial charge is 0.303 e. The first-order valence-electron chi connectivity index (χ1n) is 8.36. The van der Waals surface area contributed by atoms with Crippen molar-refractivity contribution in [3.63, 3.8) is 0 Å². The van der Waals surface area contributed by atoms with Gasteiger partial charge in [-0.1, -0.05) is 32.1 Å². The maximum Gasteiger partial charge on any atom is 0.303 e. The van der Waals surface area contributed by atoms with Crippen molar-refractivity contribution in [1.29, 1.82) is 0 Å². The van der Waals surface area contributed by atoms with E-state index in [0.717, 1.165) is 19.3 Å². The van der Waals surface area contributed by atoms with Gasteiger partial charge in [0.25, 0.3) is 11.5 Å². The van der Waals surface area contributed by atoms with Gasteiger partial charge in [0.15, 0.2) is 0 Å². The second-order valence-corrected chi connectivity index (χ2v) is 7.26. The van der Waals surface area contributed by atoms with Crippen LogP contribution in [0.25, 0.3) is 0 Å². The minimum Gasteiger partial charge on any atom is -0.481 e. The summed E-state index contributed by atoms with van der Waals surface area (Å²) >= 11 is 3.11. The molecule has 1 fully saturated rings. The number of aromatic nitrogens is 1. The lowest BCUT2D eigenvalue weighted by molar-refractivity contribution is -0.137. The number of aromatic amines is 1. The molecule has 1 aliphatic rings. The molecule has 0 saturated heterocycles. The number of amides is 1. The predicted molar refractivity (Wildman–Crippen MR) is 94.1 cm³/mol. The van der Waals surface area contributed by atoms with Gasteiger partial charge < -0.3 is 15.4 Å². The summed E-state index contributed by atoms with van der Waals surface area (Å²) < 4.78 is 0.296. The maximum absolute atomic E-state index is 12.4. The normalized spacial score (nSPS) is 16.5. The van der Waals surface area contributed by atoms with Gasteiger partial charge in [0.1, 0.15) is 0 Å². The minimum atomic E-state index is -0.857. The van der Waals surface area contributed by atoms with E-state index in [4.69, 9.17) is 5.11 Å². The lowest BCUT2D eigenvalue weighted by atomic mass is 9.84. The SMILES string of the molecule is O=C(O)CCC(CC1CCCCC1)NC(=O)c1c[nH]c(=O)c(Br)c1. The van der Waals surface area contributed by atoms with Crippen molar-refractivity contribution in [2.75, 3.05) is 0 Å². The van der Waals surface area contributed by atoms with Crippen LogP contribution in [-0.2, 0) is 4.79 Å². The van der Waals surface area contributed by atoms with Crippen LogP contribution in [0.1, 0.15) is 61.7 Å². The number of carboxylic acid groups (broad SMARTS) is 1. The molecule has 2 rings (SSSR count). The lowest BCUT2D eigenvalue weighted by Crippen LogP contribution is -2.37. The second kappa shape index (κ2) is 9.01. The van der Waals surface area contributed by atoms with Crippen LogP contribution in [0.3, 0.4) is 0 Å². The molecule has 132 valence electrons. The van der Waals surface area contributed by atoms with Gasteiger partial charge in [-0.25, -0.2) is 0 Å². The lowest BCUT2D eigenvalue weighted by Gasteiger charge is -2.27. The van der Waals surface area contributed by atoms with Gasteiger partial charge in [-0.15, -0.1) is 0 Å². The molecule has 1 aromatic heterocycles. The first-order valence-corrected chi connectivity index (χ1v) is 9.16. The molecule has 7 heteroatoms. The van der Waals surface area contributed by atoms with Crippen molar-refractivity contribution in [3.05, 3.63) is 32.7 Å². The van der Waals surface area contributed by atoms with Crippen LogP contribution in [0.4, 0.5) is 0 Å². The molecule has 0 radical (unpaired) electrons. The van der Waals surface area contributed by atoms with Gasteiger partial charge in [-0.3, -0.25) is 14.4 Å². The summed E-state index contributed by atoms with van der Waals surface area (Å²) in [5.41, 5.74) is 0.0571. The molecule has 1 aliphatic carbocycles. The average molecular weight is 399 g/mol. The number of carbonyl (C=O) groups excluding carboxylic acids is 1. The first-order chi connectivity index (χ1) is 11.5. The standard InChI is InChI=1S/C17H23BrN2O4/c18-14-9-12(10-19-17(14)24)16(23)20-13(6-7-15(21)22)8-11-4-2-1-3-5-11/h9-11,13H,1-8H2,(H,19,24)(H,20,23)(H,21,22). The largest absolute Gasteiger partial charge is 0.481 e. The zero-order valence-corrected chi connectivity index (χ0v) is 15.1. The van der Waals surface area contributed by atoms with E-state index in [2.05, 4.69) is 26.2 Å². The van der Waals surface area contributed by atoms with E-state index < -0.39 is 5.97 Å². The second-order valence-electron chi connectivity index (χ2n) is 6.41. The minimum absolute atomic E-state index is 0.0347. The Balaban J connectivity index is 2.01. The number of carbonyl (C=O) groups is 2. The molecule has 1 atom stereocenters. The van der Waals surface area contributed by atoms with E-state index in [-0.39, 0.29) is 23.9 Å². The number of rotatable bonds is 7. The number of hydrogen-bond donors (Lipinski definition) is 3. The monoisotopic (exact) mass is 398 g/mol. The van der Waals surface area contributed by atoms with Crippen LogP contribution in [-0.4, -0.2) is 28.0 Å². The summed E-state index contributed by atoms with van der Waals surface area (Å²) in [6.45, 7) is 0. The highest BCUT2D eigenvalue weighted by molar-refractivity contribution is 9.10. The number of carboxylic acids is 1. The Hall–Kier alpha value is -1.63. The van der Waals surface area contributed by atoms with Crippen molar-refractivity contribution in [2.24, 2.45) is 5.92 Å². The van der Waals surface area contributed by atoms with Crippen LogP contribution in [0.2, 0.25) is 0 Å². The predicted octanol–water partition coefficient (Wildman–Crippen LogP) is 3.07. The van der Waals surface area contributed by atoms with Crippen LogP contribution in [0.5, 0.6) is 0 Å². The Bertz CT molecular complexity index is 638. The molecule has 24 heavy (non-hydrogen) atoms. The number of H-pyrrole nitrogens is 1. The van der Waals surface area contributed by atoms with E-state index in [1.807, 2.05) is 0 Å². The zero-order chi connectivity index (χ0) is 17.5. The molecule has 0 aliphatic heterocycles. The third-order valence-electron chi connectivity index (χ3n) is 4.50. The van der Waals surface area contributed by atoms with Gasteiger partial charge in [0, 0.05) is 18.7 Å².